The SMILES string of the molecule is COc1ccc(-c2c(C)nc3sc4c(n23)CCC4)cc1. The summed E-state index contributed by atoms with van der Waals surface area (Å²) in [5.74, 6) is 0.891. The maximum atomic E-state index is 5.24. The number of ether oxygens (including phenoxy) is 1. The molecule has 3 nitrogen and oxygen atoms in total. The molecule has 0 bridgehead atoms. The van der Waals surface area contributed by atoms with Gasteiger partial charge in [0, 0.05) is 16.1 Å². The zero-order valence-corrected chi connectivity index (χ0v) is 12.5. The summed E-state index contributed by atoms with van der Waals surface area (Å²) in [6.07, 6.45) is 3.66. The van der Waals surface area contributed by atoms with Crippen LogP contribution in [0.15, 0.2) is 24.3 Å². The van der Waals surface area contributed by atoms with Crippen molar-refractivity contribution in [2.45, 2.75) is 26.2 Å². The smallest absolute Gasteiger partial charge is 0.194 e. The van der Waals surface area contributed by atoms with E-state index in [1.165, 1.54) is 41.1 Å². The summed E-state index contributed by atoms with van der Waals surface area (Å²) in [5, 5.41) is 0. The van der Waals surface area contributed by atoms with Gasteiger partial charge in [-0.1, -0.05) is 0 Å². The first-order valence-electron chi connectivity index (χ1n) is 6.92. The van der Waals surface area contributed by atoms with Crippen LogP contribution in [-0.4, -0.2) is 16.5 Å². The van der Waals surface area contributed by atoms with Crippen LogP contribution in [0.2, 0.25) is 0 Å². The van der Waals surface area contributed by atoms with Crippen molar-refractivity contribution < 1.29 is 4.74 Å². The van der Waals surface area contributed by atoms with E-state index < -0.39 is 0 Å². The third-order valence-corrected chi connectivity index (χ3v) is 5.15. The van der Waals surface area contributed by atoms with E-state index >= 15 is 0 Å². The molecule has 0 N–H and O–H groups in total. The molecular formula is C16H16N2OS. The van der Waals surface area contributed by atoms with Crippen LogP contribution in [0.1, 0.15) is 22.7 Å². The lowest BCUT2D eigenvalue weighted by molar-refractivity contribution is 0.415. The zero-order valence-electron chi connectivity index (χ0n) is 11.6. The average Bonchev–Trinajstić information content (AvgIpc) is 3.10. The summed E-state index contributed by atoms with van der Waals surface area (Å²) in [6.45, 7) is 2.10. The van der Waals surface area contributed by atoms with E-state index in [2.05, 4.69) is 23.5 Å². The Morgan fingerprint density at radius 3 is 2.75 bits per heavy atom. The van der Waals surface area contributed by atoms with Crippen LogP contribution in [0.4, 0.5) is 0 Å². The Morgan fingerprint density at radius 1 is 1.20 bits per heavy atom. The number of thiazole rings is 1. The zero-order chi connectivity index (χ0) is 13.7. The molecule has 2 aromatic heterocycles. The van der Waals surface area contributed by atoms with E-state index in [9.17, 15) is 0 Å². The minimum Gasteiger partial charge on any atom is -0.497 e. The highest BCUT2D eigenvalue weighted by Crippen LogP contribution is 2.36. The maximum absolute atomic E-state index is 5.24. The minimum absolute atomic E-state index is 0.891. The van der Waals surface area contributed by atoms with Gasteiger partial charge in [-0.25, -0.2) is 4.98 Å². The normalized spacial score (nSPS) is 13.9. The van der Waals surface area contributed by atoms with Crippen molar-refractivity contribution in [3.05, 3.63) is 40.5 Å². The highest BCUT2D eigenvalue weighted by Gasteiger charge is 2.22. The molecule has 1 aliphatic carbocycles. The minimum atomic E-state index is 0.891. The number of rotatable bonds is 2. The Balaban J connectivity index is 1.95. The van der Waals surface area contributed by atoms with Crippen molar-refractivity contribution in [2.75, 3.05) is 7.11 Å². The van der Waals surface area contributed by atoms with Gasteiger partial charge in [0.1, 0.15) is 5.75 Å². The Bertz CT molecular complexity index is 783. The second-order valence-electron chi connectivity index (χ2n) is 5.22. The van der Waals surface area contributed by atoms with Crippen LogP contribution in [0.25, 0.3) is 16.2 Å². The largest absolute Gasteiger partial charge is 0.497 e. The molecule has 4 heteroatoms. The number of aromatic nitrogens is 2. The molecule has 2 heterocycles. The molecule has 102 valence electrons. The molecule has 1 aromatic carbocycles. The molecule has 0 fully saturated rings. The average molecular weight is 284 g/mol. The second-order valence-corrected chi connectivity index (χ2v) is 6.28. The van der Waals surface area contributed by atoms with E-state index in [0.717, 1.165) is 16.4 Å². The number of methoxy groups -OCH3 is 1. The fraction of sp³-hybridized carbons (Fsp3) is 0.312. The number of nitrogens with zero attached hydrogens (tertiary/aromatic N) is 2. The van der Waals surface area contributed by atoms with Crippen molar-refractivity contribution in [1.29, 1.82) is 0 Å². The summed E-state index contributed by atoms with van der Waals surface area (Å²) in [6, 6.07) is 8.27. The van der Waals surface area contributed by atoms with Gasteiger partial charge in [-0.05, 0) is 50.5 Å². The summed E-state index contributed by atoms with van der Waals surface area (Å²) in [5.41, 5.74) is 5.03. The summed E-state index contributed by atoms with van der Waals surface area (Å²) in [4.78, 5) is 7.40. The quantitative estimate of drug-likeness (QED) is 0.714. The topological polar surface area (TPSA) is 26.5 Å². The predicted octanol–water partition coefficient (Wildman–Crippen LogP) is 3.87. The van der Waals surface area contributed by atoms with Gasteiger partial charge in [0.25, 0.3) is 0 Å². The maximum Gasteiger partial charge on any atom is 0.194 e. The van der Waals surface area contributed by atoms with Crippen LogP contribution in [-0.2, 0) is 12.8 Å². The highest BCUT2D eigenvalue weighted by molar-refractivity contribution is 7.17. The van der Waals surface area contributed by atoms with Gasteiger partial charge in [-0.3, -0.25) is 4.40 Å². The number of benzene rings is 1. The van der Waals surface area contributed by atoms with Crippen molar-refractivity contribution in [3.8, 4) is 17.0 Å². The molecule has 3 aromatic rings. The molecule has 0 spiro atoms. The van der Waals surface area contributed by atoms with Gasteiger partial charge >= 0.3 is 0 Å². The van der Waals surface area contributed by atoms with E-state index in [4.69, 9.17) is 9.72 Å². The Morgan fingerprint density at radius 2 is 2.00 bits per heavy atom. The standard InChI is InChI=1S/C16H16N2OS/c1-10-15(11-6-8-12(19-2)9-7-11)18-13-4-3-5-14(13)20-16(18)17-10/h6-9H,3-5H2,1-2H3. The third kappa shape index (κ3) is 1.61. The molecule has 0 saturated carbocycles. The first-order valence-corrected chi connectivity index (χ1v) is 7.73. The van der Waals surface area contributed by atoms with Crippen molar-refractivity contribution in [3.63, 3.8) is 0 Å². The first kappa shape index (κ1) is 12.0. The Kier molecular flexibility index (Phi) is 2.60. The van der Waals surface area contributed by atoms with E-state index in [-0.39, 0.29) is 0 Å². The second kappa shape index (κ2) is 4.35. The first-order chi connectivity index (χ1) is 9.78. The van der Waals surface area contributed by atoms with Crippen LogP contribution in [0.3, 0.4) is 0 Å². The molecule has 0 atom stereocenters. The summed E-state index contributed by atoms with van der Waals surface area (Å²) in [7, 11) is 1.70. The number of hydrogen-bond acceptors (Lipinski definition) is 3. The summed E-state index contributed by atoms with van der Waals surface area (Å²) >= 11 is 1.85. The van der Waals surface area contributed by atoms with Gasteiger partial charge in [-0.2, -0.15) is 0 Å². The monoisotopic (exact) mass is 284 g/mol. The van der Waals surface area contributed by atoms with Gasteiger partial charge in [0.05, 0.1) is 18.5 Å². The fourth-order valence-corrected chi connectivity index (χ4v) is 4.32. The molecule has 0 unspecified atom stereocenters. The lowest BCUT2D eigenvalue weighted by Gasteiger charge is -2.06. The van der Waals surface area contributed by atoms with Crippen LogP contribution >= 0.6 is 11.3 Å². The Labute approximate surface area is 121 Å². The van der Waals surface area contributed by atoms with E-state index in [0.29, 0.717) is 0 Å². The molecule has 0 aliphatic heterocycles. The highest BCUT2D eigenvalue weighted by atomic mass is 32.1. The number of fused-ring (bicyclic) bond motifs is 3. The van der Waals surface area contributed by atoms with E-state index in [1.54, 1.807) is 7.11 Å². The molecule has 4 rings (SSSR count). The molecule has 1 aliphatic rings. The number of aryl methyl sites for hydroxylation is 3. The van der Waals surface area contributed by atoms with Crippen molar-refractivity contribution in [1.82, 2.24) is 9.38 Å². The lowest BCUT2D eigenvalue weighted by Crippen LogP contribution is -1.93. The molecular weight excluding hydrogens is 268 g/mol. The van der Waals surface area contributed by atoms with Crippen LogP contribution in [0, 0.1) is 6.92 Å². The third-order valence-electron chi connectivity index (χ3n) is 4.01. The summed E-state index contributed by atoms with van der Waals surface area (Å²) < 4.78 is 7.61. The molecule has 0 radical (unpaired) electrons. The van der Waals surface area contributed by atoms with Crippen molar-refractivity contribution >= 4 is 16.3 Å². The molecule has 20 heavy (non-hydrogen) atoms. The predicted molar refractivity (Wildman–Crippen MR) is 81.8 cm³/mol. The lowest BCUT2D eigenvalue weighted by atomic mass is 10.1. The molecule has 0 saturated heterocycles. The van der Waals surface area contributed by atoms with Crippen LogP contribution < -0.4 is 4.74 Å². The number of hydrogen-bond donors (Lipinski definition) is 0. The van der Waals surface area contributed by atoms with Crippen LogP contribution in [0.5, 0.6) is 5.75 Å². The van der Waals surface area contributed by atoms with Gasteiger partial charge < -0.3 is 4.74 Å². The van der Waals surface area contributed by atoms with Gasteiger partial charge in [0.15, 0.2) is 4.96 Å². The van der Waals surface area contributed by atoms with Gasteiger partial charge in [0.2, 0.25) is 0 Å². The van der Waals surface area contributed by atoms with Gasteiger partial charge in [-0.15, -0.1) is 11.3 Å². The fourth-order valence-electron chi connectivity index (χ4n) is 3.07. The van der Waals surface area contributed by atoms with E-state index in [1.807, 2.05) is 23.5 Å². The molecule has 0 amide bonds. The van der Waals surface area contributed by atoms with Crippen molar-refractivity contribution in [2.24, 2.45) is 0 Å². The Hall–Kier alpha value is -1.81. The number of imidazole rings is 1.